The van der Waals surface area contributed by atoms with E-state index >= 15 is 0 Å². The average molecular weight is 510 g/mol. The van der Waals surface area contributed by atoms with Crippen molar-refractivity contribution in [3.05, 3.63) is 59.1 Å². The highest BCUT2D eigenvalue weighted by Gasteiger charge is 2.32. The number of sulfonamides is 1. The lowest BCUT2D eigenvalue weighted by Gasteiger charge is -2.33. The van der Waals surface area contributed by atoms with E-state index in [0.29, 0.717) is 22.8 Å². The average Bonchev–Trinajstić information content (AvgIpc) is 2.77. The van der Waals surface area contributed by atoms with Gasteiger partial charge in [0.1, 0.15) is 18.3 Å². The lowest BCUT2D eigenvalue weighted by molar-refractivity contribution is -0.140. The monoisotopic (exact) mass is 509 g/mol. The summed E-state index contributed by atoms with van der Waals surface area (Å²) in [7, 11) is -2.35. The van der Waals surface area contributed by atoms with Crippen LogP contribution in [0.15, 0.2) is 48.5 Å². The van der Waals surface area contributed by atoms with Crippen LogP contribution in [0.5, 0.6) is 5.75 Å². The molecule has 2 amide bonds. The lowest BCUT2D eigenvalue weighted by atomic mass is 10.1. The Bertz CT molecular complexity index is 1110. The van der Waals surface area contributed by atoms with E-state index in [1.165, 1.54) is 18.1 Å². The van der Waals surface area contributed by atoms with Gasteiger partial charge in [0.25, 0.3) is 0 Å². The van der Waals surface area contributed by atoms with Gasteiger partial charge in [0.15, 0.2) is 0 Å². The van der Waals surface area contributed by atoms with Gasteiger partial charge in [-0.3, -0.25) is 13.9 Å². The summed E-state index contributed by atoms with van der Waals surface area (Å²) in [6, 6.07) is 12.5. The molecule has 0 aliphatic heterocycles. The summed E-state index contributed by atoms with van der Waals surface area (Å²) in [4.78, 5) is 27.9. The van der Waals surface area contributed by atoms with Crippen LogP contribution in [-0.4, -0.2) is 57.1 Å². The topological polar surface area (TPSA) is 96.0 Å². The number of amides is 2. The predicted molar refractivity (Wildman–Crippen MR) is 135 cm³/mol. The highest BCUT2D eigenvalue weighted by Crippen LogP contribution is 2.25. The van der Waals surface area contributed by atoms with Gasteiger partial charge in [-0.2, -0.15) is 0 Å². The van der Waals surface area contributed by atoms with Gasteiger partial charge in [-0.1, -0.05) is 42.8 Å². The first-order valence-electron chi connectivity index (χ1n) is 10.9. The zero-order valence-electron chi connectivity index (χ0n) is 20.1. The molecule has 0 radical (unpaired) electrons. The molecular formula is C24H32ClN3O5S. The van der Waals surface area contributed by atoms with E-state index in [2.05, 4.69) is 5.32 Å². The molecule has 0 aliphatic rings. The number of ether oxygens (including phenoxy) is 1. The van der Waals surface area contributed by atoms with Crippen LogP contribution in [0.2, 0.25) is 5.02 Å². The SMILES string of the molecule is CC[C@H](C(=O)NC(C)C)N(Cc1ccccc1Cl)C(=O)CN(c1cccc(OC)c1)S(C)(=O)=O. The first-order valence-corrected chi connectivity index (χ1v) is 13.2. The Balaban J connectivity index is 2.47. The molecule has 10 heteroatoms. The number of rotatable bonds is 11. The highest BCUT2D eigenvalue weighted by molar-refractivity contribution is 7.92. The Labute approximate surface area is 206 Å². The molecule has 34 heavy (non-hydrogen) atoms. The van der Waals surface area contributed by atoms with Crippen LogP contribution in [-0.2, 0) is 26.2 Å². The Hall–Kier alpha value is -2.78. The molecule has 0 bridgehead atoms. The summed E-state index contributed by atoms with van der Waals surface area (Å²) in [5.74, 6) is -0.390. The van der Waals surface area contributed by atoms with Crippen molar-refractivity contribution < 1.29 is 22.7 Å². The summed E-state index contributed by atoms with van der Waals surface area (Å²) in [6.45, 7) is 5.03. The second kappa shape index (κ2) is 12.1. The molecule has 2 aromatic rings. The fourth-order valence-corrected chi connectivity index (χ4v) is 4.53. The highest BCUT2D eigenvalue weighted by atomic mass is 35.5. The van der Waals surface area contributed by atoms with Gasteiger partial charge < -0.3 is 15.0 Å². The van der Waals surface area contributed by atoms with Crippen molar-refractivity contribution in [1.82, 2.24) is 10.2 Å². The van der Waals surface area contributed by atoms with Gasteiger partial charge >= 0.3 is 0 Å². The van der Waals surface area contributed by atoms with Gasteiger partial charge in [0.05, 0.1) is 19.1 Å². The Morgan fingerprint density at radius 1 is 1.12 bits per heavy atom. The number of halogens is 1. The third-order valence-electron chi connectivity index (χ3n) is 5.14. The molecule has 0 fully saturated rings. The lowest BCUT2D eigenvalue weighted by Crippen LogP contribution is -2.53. The number of benzene rings is 2. The maximum absolute atomic E-state index is 13.6. The van der Waals surface area contributed by atoms with Gasteiger partial charge in [-0.05, 0) is 44.0 Å². The smallest absolute Gasteiger partial charge is 0.244 e. The molecule has 0 saturated heterocycles. The van der Waals surface area contributed by atoms with Crippen molar-refractivity contribution in [2.45, 2.75) is 45.8 Å². The third-order valence-corrected chi connectivity index (χ3v) is 6.65. The molecule has 0 saturated carbocycles. The van der Waals surface area contributed by atoms with Crippen molar-refractivity contribution in [3.63, 3.8) is 0 Å². The van der Waals surface area contributed by atoms with Gasteiger partial charge in [0, 0.05) is 23.7 Å². The van der Waals surface area contributed by atoms with Crippen molar-refractivity contribution >= 4 is 39.1 Å². The van der Waals surface area contributed by atoms with Gasteiger partial charge in [-0.15, -0.1) is 0 Å². The largest absolute Gasteiger partial charge is 0.497 e. The number of anilines is 1. The Morgan fingerprint density at radius 2 is 1.79 bits per heavy atom. The second-order valence-corrected chi connectivity index (χ2v) is 10.5. The third kappa shape index (κ3) is 7.36. The van der Waals surface area contributed by atoms with E-state index in [-0.39, 0.29) is 24.2 Å². The second-order valence-electron chi connectivity index (χ2n) is 8.17. The Morgan fingerprint density at radius 3 is 2.35 bits per heavy atom. The molecule has 2 aromatic carbocycles. The van der Waals surface area contributed by atoms with Gasteiger partial charge in [0.2, 0.25) is 21.8 Å². The molecule has 186 valence electrons. The number of hydrogen-bond donors (Lipinski definition) is 1. The fraction of sp³-hybridized carbons (Fsp3) is 0.417. The number of methoxy groups -OCH3 is 1. The zero-order valence-corrected chi connectivity index (χ0v) is 21.7. The van der Waals surface area contributed by atoms with Crippen molar-refractivity contribution in [3.8, 4) is 5.75 Å². The van der Waals surface area contributed by atoms with Crippen LogP contribution >= 0.6 is 11.6 Å². The molecule has 0 aromatic heterocycles. The van der Waals surface area contributed by atoms with Crippen LogP contribution in [0.1, 0.15) is 32.8 Å². The van der Waals surface area contributed by atoms with Crippen molar-refractivity contribution in [2.24, 2.45) is 0 Å². The molecule has 1 atom stereocenters. The number of carbonyl (C=O) groups is 2. The van der Waals surface area contributed by atoms with Crippen molar-refractivity contribution in [1.29, 1.82) is 0 Å². The molecule has 0 heterocycles. The van der Waals surface area contributed by atoms with Crippen molar-refractivity contribution in [2.75, 3.05) is 24.2 Å². The number of carbonyl (C=O) groups excluding carboxylic acids is 2. The minimum absolute atomic E-state index is 0.0538. The van der Waals surface area contributed by atoms with Crippen LogP contribution in [0.25, 0.3) is 0 Å². The molecule has 0 spiro atoms. The normalized spacial score (nSPS) is 12.2. The summed E-state index contributed by atoms with van der Waals surface area (Å²) < 4.78 is 31.5. The summed E-state index contributed by atoms with van der Waals surface area (Å²) in [5.41, 5.74) is 0.938. The first kappa shape index (κ1) is 27.5. The predicted octanol–water partition coefficient (Wildman–Crippen LogP) is 3.45. The van der Waals surface area contributed by atoms with E-state index in [0.717, 1.165) is 10.6 Å². The summed E-state index contributed by atoms with van der Waals surface area (Å²) in [6.07, 6.45) is 1.37. The quantitative estimate of drug-likeness (QED) is 0.500. The van der Waals surface area contributed by atoms with E-state index < -0.39 is 28.5 Å². The fourth-order valence-electron chi connectivity index (χ4n) is 3.49. The van der Waals surface area contributed by atoms with E-state index in [9.17, 15) is 18.0 Å². The Kier molecular flexibility index (Phi) is 9.76. The van der Waals surface area contributed by atoms with Crippen LogP contribution in [0, 0.1) is 0 Å². The molecule has 0 aliphatic carbocycles. The summed E-state index contributed by atoms with van der Waals surface area (Å²) in [5, 5.41) is 3.30. The minimum Gasteiger partial charge on any atom is -0.497 e. The summed E-state index contributed by atoms with van der Waals surface area (Å²) >= 11 is 6.33. The van der Waals surface area contributed by atoms with Gasteiger partial charge in [-0.25, -0.2) is 8.42 Å². The molecule has 1 N–H and O–H groups in total. The first-order chi connectivity index (χ1) is 16.0. The number of hydrogen-bond acceptors (Lipinski definition) is 5. The number of nitrogens with zero attached hydrogens (tertiary/aromatic N) is 2. The minimum atomic E-state index is -3.82. The molecule has 8 nitrogen and oxygen atoms in total. The van der Waals surface area contributed by atoms with E-state index in [1.807, 2.05) is 13.8 Å². The van der Waals surface area contributed by atoms with E-state index in [4.69, 9.17) is 16.3 Å². The molecule has 2 rings (SSSR count). The zero-order chi connectivity index (χ0) is 25.5. The molecule has 0 unspecified atom stereocenters. The number of nitrogens with one attached hydrogen (secondary N) is 1. The molecular weight excluding hydrogens is 478 g/mol. The van der Waals surface area contributed by atoms with E-state index in [1.54, 1.807) is 49.4 Å². The van der Waals surface area contributed by atoms with Crippen LogP contribution < -0.4 is 14.4 Å². The van der Waals surface area contributed by atoms with Crippen LogP contribution in [0.3, 0.4) is 0 Å². The maximum atomic E-state index is 13.6. The maximum Gasteiger partial charge on any atom is 0.244 e. The van der Waals surface area contributed by atoms with Crippen LogP contribution in [0.4, 0.5) is 5.69 Å². The standard InChI is InChI=1S/C24H32ClN3O5S/c1-6-22(24(30)26-17(2)3)27(15-18-10-7-8-13-21(18)25)23(29)16-28(34(5,31)32)19-11-9-12-20(14-19)33-4/h7-14,17,22H,6,15-16H2,1-5H3,(H,26,30)/t22-/m1/s1.